The number of aldehydes is 1. The van der Waals surface area contributed by atoms with Crippen LogP contribution in [0.3, 0.4) is 0 Å². The van der Waals surface area contributed by atoms with Crippen molar-refractivity contribution in [3.8, 4) is 5.88 Å². The first kappa shape index (κ1) is 10.7. The Morgan fingerprint density at radius 2 is 2.07 bits per heavy atom. The molecule has 1 aromatic heterocycles. The molecule has 0 saturated heterocycles. The summed E-state index contributed by atoms with van der Waals surface area (Å²) in [6.45, 7) is 6.15. The van der Waals surface area contributed by atoms with Gasteiger partial charge in [-0.05, 0) is 17.0 Å². The normalized spacial score (nSPS) is 11.1. The van der Waals surface area contributed by atoms with E-state index < -0.39 is 0 Å². The molecule has 0 aliphatic carbocycles. The molecule has 76 valence electrons. The molecule has 14 heavy (non-hydrogen) atoms. The summed E-state index contributed by atoms with van der Waals surface area (Å²) in [7, 11) is 1.52. The molecule has 0 aliphatic heterocycles. The van der Waals surface area contributed by atoms with Gasteiger partial charge in [0.05, 0.1) is 12.7 Å². The lowest BCUT2D eigenvalue weighted by atomic mass is 9.85. The van der Waals surface area contributed by atoms with Crippen molar-refractivity contribution in [2.75, 3.05) is 7.11 Å². The lowest BCUT2D eigenvalue weighted by Gasteiger charge is -2.21. The number of pyridine rings is 1. The highest BCUT2D eigenvalue weighted by molar-refractivity contribution is 5.81. The highest BCUT2D eigenvalue weighted by Crippen LogP contribution is 2.28. The van der Waals surface area contributed by atoms with Gasteiger partial charge in [-0.2, -0.15) is 0 Å². The second kappa shape index (κ2) is 3.78. The smallest absolute Gasteiger partial charge is 0.224 e. The molecule has 0 aromatic carbocycles. The number of nitrogens with zero attached hydrogens (tertiary/aromatic N) is 1. The summed E-state index contributed by atoms with van der Waals surface area (Å²) in [6.07, 6.45) is 2.46. The Labute approximate surface area is 84.1 Å². The van der Waals surface area contributed by atoms with Gasteiger partial charge in [0.15, 0.2) is 6.29 Å². The third-order valence-electron chi connectivity index (χ3n) is 2.07. The second-order valence-corrected chi connectivity index (χ2v) is 4.15. The molecule has 0 unspecified atom stereocenters. The molecule has 0 amide bonds. The zero-order valence-corrected chi connectivity index (χ0v) is 9.00. The van der Waals surface area contributed by atoms with E-state index in [1.807, 2.05) is 6.07 Å². The van der Waals surface area contributed by atoms with Gasteiger partial charge < -0.3 is 4.74 Å². The molecule has 0 saturated carbocycles. The van der Waals surface area contributed by atoms with Crippen LogP contribution in [0.25, 0.3) is 0 Å². The Morgan fingerprint density at radius 3 is 2.50 bits per heavy atom. The van der Waals surface area contributed by atoms with Crippen molar-refractivity contribution in [3.63, 3.8) is 0 Å². The Hall–Kier alpha value is -1.38. The fraction of sp³-hybridized carbons (Fsp3) is 0.455. The predicted octanol–water partition coefficient (Wildman–Crippen LogP) is 2.20. The van der Waals surface area contributed by atoms with E-state index in [9.17, 15) is 4.79 Å². The number of hydrogen-bond acceptors (Lipinski definition) is 3. The van der Waals surface area contributed by atoms with E-state index in [0.29, 0.717) is 11.4 Å². The maximum Gasteiger partial charge on any atom is 0.224 e. The first-order valence-corrected chi connectivity index (χ1v) is 4.49. The zero-order chi connectivity index (χ0) is 10.8. The van der Waals surface area contributed by atoms with Gasteiger partial charge in [0.2, 0.25) is 5.88 Å². The molecule has 1 heterocycles. The summed E-state index contributed by atoms with van der Waals surface area (Å²) in [5.74, 6) is 0.396. The number of carbonyl (C=O) groups excluding carboxylic acids is 1. The maximum absolute atomic E-state index is 10.9. The highest BCUT2D eigenvalue weighted by atomic mass is 16.5. The summed E-state index contributed by atoms with van der Waals surface area (Å²) in [5, 5.41) is 0. The quantitative estimate of drug-likeness (QED) is 0.676. The third-order valence-corrected chi connectivity index (χ3v) is 2.07. The first-order chi connectivity index (χ1) is 6.50. The number of rotatable bonds is 2. The molecular formula is C11H15NO2. The fourth-order valence-corrected chi connectivity index (χ4v) is 1.38. The van der Waals surface area contributed by atoms with Crippen LogP contribution in [0.5, 0.6) is 5.88 Å². The molecule has 0 aliphatic rings. The van der Waals surface area contributed by atoms with Crippen molar-refractivity contribution >= 4 is 6.29 Å². The van der Waals surface area contributed by atoms with Crippen LogP contribution in [0.15, 0.2) is 12.3 Å². The van der Waals surface area contributed by atoms with Crippen molar-refractivity contribution in [2.45, 2.75) is 26.2 Å². The van der Waals surface area contributed by atoms with Crippen LogP contribution in [0, 0.1) is 0 Å². The average Bonchev–Trinajstić information content (AvgIpc) is 2.15. The van der Waals surface area contributed by atoms with E-state index in [2.05, 4.69) is 25.8 Å². The summed E-state index contributed by atoms with van der Waals surface area (Å²) >= 11 is 0. The molecule has 0 atom stereocenters. The molecule has 3 nitrogen and oxygen atoms in total. The zero-order valence-electron chi connectivity index (χ0n) is 9.00. The largest absolute Gasteiger partial charge is 0.480 e. The second-order valence-electron chi connectivity index (χ2n) is 4.15. The molecule has 3 heteroatoms. The lowest BCUT2D eigenvalue weighted by molar-refractivity contribution is 0.111. The van der Waals surface area contributed by atoms with Crippen LogP contribution in [-0.2, 0) is 5.41 Å². The van der Waals surface area contributed by atoms with Gasteiger partial charge in [-0.15, -0.1) is 0 Å². The topological polar surface area (TPSA) is 39.2 Å². The number of aromatic nitrogens is 1. The predicted molar refractivity (Wildman–Crippen MR) is 54.9 cm³/mol. The van der Waals surface area contributed by atoms with Gasteiger partial charge >= 0.3 is 0 Å². The third kappa shape index (κ3) is 1.92. The van der Waals surface area contributed by atoms with E-state index in [0.717, 1.165) is 11.8 Å². The monoisotopic (exact) mass is 193 g/mol. The van der Waals surface area contributed by atoms with Gasteiger partial charge in [-0.25, -0.2) is 4.98 Å². The van der Waals surface area contributed by atoms with Gasteiger partial charge in [-0.3, -0.25) is 4.79 Å². The standard InChI is InChI=1S/C11H15NO2/c1-11(2,3)9-5-6-12-10(14-4)8(9)7-13/h5-7H,1-4H3. The van der Waals surface area contributed by atoms with Crippen LogP contribution in [0.4, 0.5) is 0 Å². The van der Waals surface area contributed by atoms with E-state index in [-0.39, 0.29) is 5.41 Å². The number of ether oxygens (including phenoxy) is 1. The van der Waals surface area contributed by atoms with Crippen molar-refractivity contribution in [3.05, 3.63) is 23.4 Å². The Balaban J connectivity index is 3.37. The van der Waals surface area contributed by atoms with Crippen LogP contribution in [-0.4, -0.2) is 18.4 Å². The van der Waals surface area contributed by atoms with Crippen molar-refractivity contribution < 1.29 is 9.53 Å². The molecule has 0 spiro atoms. The van der Waals surface area contributed by atoms with Gasteiger partial charge in [0, 0.05) is 6.20 Å². The van der Waals surface area contributed by atoms with E-state index >= 15 is 0 Å². The van der Waals surface area contributed by atoms with E-state index in [1.165, 1.54) is 7.11 Å². The Bertz CT molecular complexity index is 340. The number of hydrogen-bond donors (Lipinski definition) is 0. The van der Waals surface area contributed by atoms with Crippen molar-refractivity contribution in [1.82, 2.24) is 4.98 Å². The van der Waals surface area contributed by atoms with Crippen LogP contribution >= 0.6 is 0 Å². The minimum absolute atomic E-state index is 0.0769. The van der Waals surface area contributed by atoms with Gasteiger partial charge in [0.1, 0.15) is 0 Å². The van der Waals surface area contributed by atoms with Gasteiger partial charge in [-0.1, -0.05) is 20.8 Å². The highest BCUT2D eigenvalue weighted by Gasteiger charge is 2.20. The molecule has 0 N–H and O–H groups in total. The van der Waals surface area contributed by atoms with Crippen LogP contribution in [0.2, 0.25) is 0 Å². The van der Waals surface area contributed by atoms with Crippen molar-refractivity contribution in [2.24, 2.45) is 0 Å². The Morgan fingerprint density at radius 1 is 1.43 bits per heavy atom. The molecule has 1 aromatic rings. The summed E-state index contributed by atoms with van der Waals surface area (Å²) in [6, 6.07) is 1.85. The van der Waals surface area contributed by atoms with Gasteiger partial charge in [0.25, 0.3) is 0 Å². The number of carbonyl (C=O) groups is 1. The van der Waals surface area contributed by atoms with Crippen LogP contribution in [0.1, 0.15) is 36.7 Å². The summed E-state index contributed by atoms with van der Waals surface area (Å²) in [5.41, 5.74) is 1.42. The summed E-state index contributed by atoms with van der Waals surface area (Å²) in [4.78, 5) is 14.9. The number of methoxy groups -OCH3 is 1. The SMILES string of the molecule is COc1nccc(C(C)(C)C)c1C=O. The Kier molecular flexibility index (Phi) is 2.89. The average molecular weight is 193 g/mol. The van der Waals surface area contributed by atoms with E-state index in [1.54, 1.807) is 6.20 Å². The molecular weight excluding hydrogens is 178 g/mol. The minimum Gasteiger partial charge on any atom is -0.480 e. The summed E-state index contributed by atoms with van der Waals surface area (Å²) < 4.78 is 5.03. The minimum atomic E-state index is -0.0769. The first-order valence-electron chi connectivity index (χ1n) is 4.49. The van der Waals surface area contributed by atoms with E-state index in [4.69, 9.17) is 4.74 Å². The van der Waals surface area contributed by atoms with Crippen molar-refractivity contribution in [1.29, 1.82) is 0 Å². The molecule has 0 radical (unpaired) electrons. The fourth-order valence-electron chi connectivity index (χ4n) is 1.38. The molecule has 1 rings (SSSR count). The maximum atomic E-state index is 10.9. The lowest BCUT2D eigenvalue weighted by Crippen LogP contribution is -2.15. The van der Waals surface area contributed by atoms with Crippen LogP contribution < -0.4 is 4.74 Å². The molecule has 0 fully saturated rings. The molecule has 0 bridgehead atoms.